The molecule has 0 aromatic carbocycles. The second-order valence-electron chi connectivity index (χ2n) is 5.45. The van der Waals surface area contributed by atoms with Crippen molar-refractivity contribution in [2.45, 2.75) is 47.1 Å². The fraction of sp³-hybridized carbons (Fsp3) is 0.556. The van der Waals surface area contributed by atoms with Crippen LogP contribution in [0.1, 0.15) is 41.0 Å². The highest BCUT2D eigenvalue weighted by Gasteiger charge is 2.22. The summed E-state index contributed by atoms with van der Waals surface area (Å²) in [5, 5.41) is 0. The molecule has 1 unspecified atom stereocenters. The van der Waals surface area contributed by atoms with E-state index in [-0.39, 0.29) is 12.3 Å². The normalized spacial score (nSPS) is 15.5. The molecule has 0 N–H and O–H groups in total. The molecule has 0 radical (unpaired) electrons. The molecule has 0 bridgehead atoms. The SMILES string of the molecule is [C-]#[N+]C(C(=O)OCCOCC)=C1C=C(C)N(C(C)CC)C(C)=C1. The summed E-state index contributed by atoms with van der Waals surface area (Å²) in [6.07, 6.45) is 4.76. The van der Waals surface area contributed by atoms with Crippen molar-refractivity contribution < 1.29 is 14.3 Å². The molecular weight excluding hydrogens is 292 g/mol. The summed E-state index contributed by atoms with van der Waals surface area (Å²) in [7, 11) is 0. The van der Waals surface area contributed by atoms with Gasteiger partial charge in [-0.3, -0.25) is 4.79 Å². The summed E-state index contributed by atoms with van der Waals surface area (Å²) in [6.45, 7) is 18.5. The lowest BCUT2D eigenvalue weighted by molar-refractivity contribution is -0.140. The molecule has 1 heterocycles. The molecule has 0 saturated heterocycles. The van der Waals surface area contributed by atoms with Crippen molar-refractivity contribution >= 4 is 5.97 Å². The third kappa shape index (κ3) is 4.97. The topological polar surface area (TPSA) is 43.1 Å². The van der Waals surface area contributed by atoms with Gasteiger partial charge in [0, 0.05) is 24.0 Å². The van der Waals surface area contributed by atoms with Gasteiger partial charge in [-0.15, -0.1) is 0 Å². The Morgan fingerprint density at radius 2 is 1.87 bits per heavy atom. The van der Waals surface area contributed by atoms with Crippen molar-refractivity contribution in [1.82, 2.24) is 4.90 Å². The lowest BCUT2D eigenvalue weighted by Gasteiger charge is -2.35. The Morgan fingerprint density at radius 3 is 2.35 bits per heavy atom. The molecule has 0 saturated carbocycles. The molecule has 0 spiro atoms. The van der Waals surface area contributed by atoms with Gasteiger partial charge >= 0.3 is 5.97 Å². The summed E-state index contributed by atoms with van der Waals surface area (Å²) in [5.74, 6) is -0.597. The summed E-state index contributed by atoms with van der Waals surface area (Å²) < 4.78 is 10.2. The molecule has 5 nitrogen and oxygen atoms in total. The van der Waals surface area contributed by atoms with Crippen LogP contribution in [0.25, 0.3) is 4.85 Å². The first-order valence-electron chi connectivity index (χ1n) is 7.98. The minimum atomic E-state index is -0.597. The summed E-state index contributed by atoms with van der Waals surface area (Å²) >= 11 is 0. The van der Waals surface area contributed by atoms with Crippen LogP contribution in [0.3, 0.4) is 0 Å². The number of esters is 1. The van der Waals surface area contributed by atoms with E-state index < -0.39 is 5.97 Å². The second kappa shape index (κ2) is 9.16. The Labute approximate surface area is 139 Å². The van der Waals surface area contributed by atoms with Crippen molar-refractivity contribution in [3.8, 4) is 0 Å². The fourth-order valence-corrected chi connectivity index (χ4v) is 2.56. The van der Waals surface area contributed by atoms with E-state index >= 15 is 0 Å². The van der Waals surface area contributed by atoms with Crippen LogP contribution in [0.4, 0.5) is 0 Å². The van der Waals surface area contributed by atoms with Crippen LogP contribution >= 0.6 is 0 Å². The predicted molar refractivity (Wildman–Crippen MR) is 90.2 cm³/mol. The first kappa shape index (κ1) is 19.0. The van der Waals surface area contributed by atoms with Gasteiger partial charge in [-0.2, -0.15) is 0 Å². The van der Waals surface area contributed by atoms with E-state index in [2.05, 4.69) is 23.6 Å². The molecule has 0 aromatic heterocycles. The molecule has 0 fully saturated rings. The molecule has 126 valence electrons. The fourth-order valence-electron chi connectivity index (χ4n) is 2.56. The summed E-state index contributed by atoms with van der Waals surface area (Å²) in [6, 6.07) is 0.374. The highest BCUT2D eigenvalue weighted by atomic mass is 16.6. The van der Waals surface area contributed by atoms with Crippen LogP contribution in [0, 0.1) is 6.57 Å². The van der Waals surface area contributed by atoms with E-state index in [0.29, 0.717) is 24.8 Å². The number of hydrogen-bond acceptors (Lipinski definition) is 4. The zero-order valence-corrected chi connectivity index (χ0v) is 14.7. The third-order valence-corrected chi connectivity index (χ3v) is 3.76. The van der Waals surface area contributed by atoms with Crippen molar-refractivity contribution in [1.29, 1.82) is 0 Å². The molecule has 23 heavy (non-hydrogen) atoms. The minimum absolute atomic E-state index is 0.0176. The molecule has 1 aliphatic heterocycles. The maximum absolute atomic E-state index is 12.1. The van der Waals surface area contributed by atoms with E-state index in [1.54, 1.807) is 0 Å². The molecule has 1 rings (SSSR count). The number of rotatable bonds is 7. The van der Waals surface area contributed by atoms with E-state index in [4.69, 9.17) is 16.0 Å². The number of allylic oxidation sites excluding steroid dienone is 5. The zero-order chi connectivity index (χ0) is 17.4. The van der Waals surface area contributed by atoms with Crippen LogP contribution in [0.15, 0.2) is 34.8 Å². The number of nitrogens with zero attached hydrogens (tertiary/aromatic N) is 2. The van der Waals surface area contributed by atoms with Gasteiger partial charge in [-0.25, -0.2) is 4.85 Å². The molecular formula is C18H26N2O3. The minimum Gasteiger partial charge on any atom is -0.468 e. The second-order valence-corrected chi connectivity index (χ2v) is 5.45. The van der Waals surface area contributed by atoms with Crippen molar-refractivity contribution in [3.63, 3.8) is 0 Å². The third-order valence-electron chi connectivity index (χ3n) is 3.76. The molecule has 0 aliphatic carbocycles. The Morgan fingerprint density at radius 1 is 1.26 bits per heavy atom. The average Bonchev–Trinajstić information content (AvgIpc) is 2.51. The van der Waals surface area contributed by atoms with E-state index in [9.17, 15) is 4.79 Å². The van der Waals surface area contributed by atoms with Crippen molar-refractivity contribution in [3.05, 3.63) is 46.2 Å². The first-order chi connectivity index (χ1) is 11.0. The monoisotopic (exact) mass is 318 g/mol. The van der Waals surface area contributed by atoms with Crippen molar-refractivity contribution in [2.75, 3.05) is 19.8 Å². The number of ether oxygens (including phenoxy) is 2. The highest BCUT2D eigenvalue weighted by molar-refractivity contribution is 5.92. The highest BCUT2D eigenvalue weighted by Crippen LogP contribution is 2.28. The van der Waals surface area contributed by atoms with Crippen LogP contribution < -0.4 is 0 Å². The Balaban J connectivity index is 2.97. The molecule has 0 aromatic rings. The van der Waals surface area contributed by atoms with Crippen LogP contribution in [-0.2, 0) is 14.3 Å². The molecule has 5 heteroatoms. The van der Waals surface area contributed by atoms with E-state index in [1.165, 1.54) is 0 Å². The van der Waals surface area contributed by atoms with Gasteiger partial charge in [0.15, 0.2) is 0 Å². The van der Waals surface area contributed by atoms with Crippen LogP contribution in [-0.4, -0.2) is 36.7 Å². The van der Waals surface area contributed by atoms with Crippen LogP contribution in [0.5, 0.6) is 0 Å². The number of carbonyl (C=O) groups is 1. The van der Waals surface area contributed by atoms with Gasteiger partial charge in [0.05, 0.1) is 13.2 Å². The number of carbonyl (C=O) groups excluding carboxylic acids is 1. The lowest BCUT2D eigenvalue weighted by Crippen LogP contribution is -2.31. The summed E-state index contributed by atoms with van der Waals surface area (Å²) in [5.41, 5.74) is 2.68. The standard InChI is InChI=1S/C18H26N2O3/c1-7-13(3)20-14(4)11-16(12-15(20)5)17(19-6)18(21)23-10-9-22-8-2/h11-13H,7-10H2,1-5H3. The van der Waals surface area contributed by atoms with Crippen molar-refractivity contribution in [2.24, 2.45) is 0 Å². The van der Waals surface area contributed by atoms with Gasteiger partial charge in [0.2, 0.25) is 0 Å². The Hall–Kier alpha value is -2.06. The van der Waals surface area contributed by atoms with E-state index in [0.717, 1.165) is 17.8 Å². The predicted octanol–water partition coefficient (Wildman–Crippen LogP) is 3.66. The maximum atomic E-state index is 12.1. The van der Waals surface area contributed by atoms with Gasteiger partial charge in [0.25, 0.3) is 5.70 Å². The quantitative estimate of drug-likeness (QED) is 0.311. The van der Waals surface area contributed by atoms with Crippen LogP contribution in [0.2, 0.25) is 0 Å². The lowest BCUT2D eigenvalue weighted by atomic mass is 10.0. The zero-order valence-electron chi connectivity index (χ0n) is 14.7. The Bertz CT molecular complexity index is 545. The van der Waals surface area contributed by atoms with E-state index in [1.807, 2.05) is 32.9 Å². The van der Waals surface area contributed by atoms with Gasteiger partial charge in [-0.1, -0.05) is 6.92 Å². The van der Waals surface area contributed by atoms with Gasteiger partial charge < -0.3 is 14.4 Å². The Kier molecular flexibility index (Phi) is 7.56. The largest absolute Gasteiger partial charge is 0.468 e. The smallest absolute Gasteiger partial charge is 0.336 e. The molecule has 0 amide bonds. The maximum Gasteiger partial charge on any atom is 0.336 e. The number of hydrogen-bond donors (Lipinski definition) is 0. The molecule has 1 aliphatic rings. The summed E-state index contributed by atoms with van der Waals surface area (Å²) in [4.78, 5) is 17.7. The molecule has 1 atom stereocenters. The van der Waals surface area contributed by atoms with Gasteiger partial charge in [-0.05, 0) is 51.8 Å². The first-order valence-corrected chi connectivity index (χ1v) is 7.98. The van der Waals surface area contributed by atoms with Gasteiger partial charge in [0.1, 0.15) is 6.61 Å². The average molecular weight is 318 g/mol.